The number of benzene rings is 1. The Hall–Kier alpha value is -1.82. The summed E-state index contributed by atoms with van der Waals surface area (Å²) in [4.78, 5) is 10.9. The van der Waals surface area contributed by atoms with Crippen molar-refractivity contribution in [2.75, 3.05) is 0 Å². The Morgan fingerprint density at radius 3 is 2.89 bits per heavy atom. The topological polar surface area (TPSA) is 68.0 Å². The summed E-state index contributed by atoms with van der Waals surface area (Å²) in [5.41, 5.74) is 1.26. The molecule has 0 radical (unpaired) electrons. The second-order valence-electron chi connectivity index (χ2n) is 3.92. The van der Waals surface area contributed by atoms with E-state index < -0.39 is 5.97 Å². The van der Waals surface area contributed by atoms with Gasteiger partial charge in [0.15, 0.2) is 5.16 Å². The molecule has 0 saturated heterocycles. The summed E-state index contributed by atoms with van der Waals surface area (Å²) in [5.74, 6) is -0.910. The minimum atomic E-state index is -0.910. The molecule has 0 amide bonds. The zero-order chi connectivity index (χ0) is 13.1. The molecule has 18 heavy (non-hydrogen) atoms. The normalized spacial score (nSPS) is 12.3. The highest BCUT2D eigenvalue weighted by molar-refractivity contribution is 7.99. The summed E-state index contributed by atoms with van der Waals surface area (Å²) in [6.07, 6.45) is 1.64. The van der Waals surface area contributed by atoms with Crippen molar-refractivity contribution in [2.24, 2.45) is 7.05 Å². The van der Waals surface area contributed by atoms with Gasteiger partial charge in [-0.3, -0.25) is 0 Å². The summed E-state index contributed by atoms with van der Waals surface area (Å²) < 4.78 is 1.84. The van der Waals surface area contributed by atoms with Gasteiger partial charge in [-0.15, -0.1) is 10.2 Å². The van der Waals surface area contributed by atoms with Crippen molar-refractivity contribution in [3.05, 3.63) is 41.7 Å². The van der Waals surface area contributed by atoms with Crippen LogP contribution in [0.15, 0.2) is 35.7 Å². The number of hydrogen-bond acceptors (Lipinski definition) is 4. The Labute approximate surface area is 109 Å². The van der Waals surface area contributed by atoms with Gasteiger partial charge in [-0.1, -0.05) is 23.9 Å². The number of rotatable bonds is 4. The average molecular weight is 263 g/mol. The maximum absolute atomic E-state index is 10.9. The van der Waals surface area contributed by atoms with Crippen LogP contribution >= 0.6 is 11.8 Å². The van der Waals surface area contributed by atoms with Crippen molar-refractivity contribution in [3.63, 3.8) is 0 Å². The molecule has 0 aliphatic rings. The molecule has 0 aliphatic carbocycles. The van der Waals surface area contributed by atoms with Crippen LogP contribution in [0.5, 0.6) is 0 Å². The highest BCUT2D eigenvalue weighted by atomic mass is 32.2. The number of carboxylic acid groups (broad SMARTS) is 1. The molecular formula is C12H13N3O2S. The van der Waals surface area contributed by atoms with Gasteiger partial charge >= 0.3 is 5.97 Å². The summed E-state index contributed by atoms with van der Waals surface area (Å²) >= 11 is 1.55. The molecule has 2 aromatic rings. The van der Waals surface area contributed by atoms with Crippen molar-refractivity contribution in [2.45, 2.75) is 17.3 Å². The Kier molecular flexibility index (Phi) is 3.66. The van der Waals surface area contributed by atoms with Crippen LogP contribution < -0.4 is 0 Å². The van der Waals surface area contributed by atoms with E-state index >= 15 is 0 Å². The van der Waals surface area contributed by atoms with E-state index in [9.17, 15) is 4.79 Å². The first-order valence-electron chi connectivity index (χ1n) is 5.42. The van der Waals surface area contributed by atoms with E-state index in [1.165, 1.54) is 0 Å². The lowest BCUT2D eigenvalue weighted by atomic mass is 10.1. The van der Waals surface area contributed by atoms with E-state index in [0.717, 1.165) is 10.7 Å². The minimum Gasteiger partial charge on any atom is -0.478 e. The van der Waals surface area contributed by atoms with E-state index in [-0.39, 0.29) is 5.25 Å². The van der Waals surface area contributed by atoms with Gasteiger partial charge in [-0.05, 0) is 24.6 Å². The van der Waals surface area contributed by atoms with Crippen LogP contribution in [-0.4, -0.2) is 25.8 Å². The molecule has 1 atom stereocenters. The number of carboxylic acids is 1. The molecule has 0 aliphatic heterocycles. The van der Waals surface area contributed by atoms with E-state index in [4.69, 9.17) is 5.11 Å². The van der Waals surface area contributed by atoms with Crippen LogP contribution in [0.25, 0.3) is 0 Å². The first-order chi connectivity index (χ1) is 8.58. The predicted molar refractivity (Wildman–Crippen MR) is 68.7 cm³/mol. The smallest absolute Gasteiger partial charge is 0.335 e. The molecule has 1 aromatic carbocycles. The SMILES string of the molecule is C[C@H](Sc1nncn1C)c1cccc(C(=O)O)c1. The lowest BCUT2D eigenvalue weighted by Crippen LogP contribution is -1.99. The standard InChI is InChI=1S/C12H13N3O2S/c1-8(18-12-14-13-7-15(12)2)9-4-3-5-10(6-9)11(16)17/h3-8H,1-2H3,(H,16,17)/t8-/m0/s1. The fourth-order valence-electron chi connectivity index (χ4n) is 1.53. The number of aryl methyl sites for hydroxylation is 1. The van der Waals surface area contributed by atoms with Crippen LogP contribution in [0.3, 0.4) is 0 Å². The fraction of sp³-hybridized carbons (Fsp3) is 0.250. The quantitative estimate of drug-likeness (QED) is 0.858. The summed E-state index contributed by atoms with van der Waals surface area (Å²) in [6, 6.07) is 6.95. The molecule has 2 rings (SSSR count). The van der Waals surface area contributed by atoms with Crippen molar-refractivity contribution >= 4 is 17.7 Å². The molecule has 94 valence electrons. The summed E-state index contributed by atoms with van der Waals surface area (Å²) in [6.45, 7) is 2.01. The molecule has 0 fully saturated rings. The van der Waals surface area contributed by atoms with Crippen molar-refractivity contribution < 1.29 is 9.90 Å². The summed E-state index contributed by atoms with van der Waals surface area (Å²) in [7, 11) is 1.88. The van der Waals surface area contributed by atoms with Crippen LogP contribution in [0.4, 0.5) is 0 Å². The van der Waals surface area contributed by atoms with E-state index in [1.54, 1.807) is 36.3 Å². The van der Waals surface area contributed by atoms with Crippen LogP contribution in [0.1, 0.15) is 28.1 Å². The molecule has 1 aromatic heterocycles. The Bertz CT molecular complexity index is 568. The van der Waals surface area contributed by atoms with Crippen LogP contribution in [0.2, 0.25) is 0 Å². The predicted octanol–water partition coefficient (Wildman–Crippen LogP) is 2.37. The first kappa shape index (κ1) is 12.6. The largest absolute Gasteiger partial charge is 0.478 e. The molecule has 1 heterocycles. The van der Waals surface area contributed by atoms with E-state index in [2.05, 4.69) is 10.2 Å². The molecule has 0 unspecified atom stereocenters. The lowest BCUT2D eigenvalue weighted by Gasteiger charge is -2.11. The average Bonchev–Trinajstić information content (AvgIpc) is 2.75. The van der Waals surface area contributed by atoms with E-state index in [1.807, 2.05) is 24.6 Å². The van der Waals surface area contributed by atoms with Crippen molar-refractivity contribution in [1.82, 2.24) is 14.8 Å². The number of aromatic carboxylic acids is 1. The van der Waals surface area contributed by atoms with Gasteiger partial charge in [0.05, 0.1) is 5.56 Å². The van der Waals surface area contributed by atoms with Crippen molar-refractivity contribution in [3.8, 4) is 0 Å². The lowest BCUT2D eigenvalue weighted by molar-refractivity contribution is 0.0697. The third kappa shape index (κ3) is 2.70. The minimum absolute atomic E-state index is 0.118. The van der Waals surface area contributed by atoms with Crippen molar-refractivity contribution in [1.29, 1.82) is 0 Å². The van der Waals surface area contributed by atoms with Gasteiger partial charge in [-0.2, -0.15) is 0 Å². The second-order valence-corrected chi connectivity index (χ2v) is 5.22. The second kappa shape index (κ2) is 5.22. The maximum Gasteiger partial charge on any atom is 0.335 e. The zero-order valence-corrected chi connectivity index (χ0v) is 10.9. The highest BCUT2D eigenvalue weighted by Crippen LogP contribution is 2.33. The number of nitrogens with zero attached hydrogens (tertiary/aromatic N) is 3. The fourth-order valence-corrected chi connectivity index (χ4v) is 2.44. The van der Waals surface area contributed by atoms with Crippen LogP contribution in [0, 0.1) is 0 Å². The van der Waals surface area contributed by atoms with Crippen LogP contribution in [-0.2, 0) is 7.05 Å². The van der Waals surface area contributed by atoms with Gasteiger partial charge in [0.1, 0.15) is 6.33 Å². The monoisotopic (exact) mass is 263 g/mol. The highest BCUT2D eigenvalue weighted by Gasteiger charge is 2.13. The van der Waals surface area contributed by atoms with Gasteiger partial charge in [-0.25, -0.2) is 4.79 Å². The number of hydrogen-bond donors (Lipinski definition) is 1. The Morgan fingerprint density at radius 1 is 1.50 bits per heavy atom. The van der Waals surface area contributed by atoms with Gasteiger partial charge in [0, 0.05) is 12.3 Å². The first-order valence-corrected chi connectivity index (χ1v) is 6.30. The van der Waals surface area contributed by atoms with E-state index in [0.29, 0.717) is 5.56 Å². The molecule has 6 heteroatoms. The zero-order valence-electron chi connectivity index (χ0n) is 10.1. The van der Waals surface area contributed by atoms with Gasteiger partial charge in [0.25, 0.3) is 0 Å². The molecule has 0 bridgehead atoms. The molecule has 0 spiro atoms. The number of carbonyl (C=O) groups is 1. The Morgan fingerprint density at radius 2 is 2.28 bits per heavy atom. The maximum atomic E-state index is 10.9. The molecule has 5 nitrogen and oxygen atoms in total. The number of aromatic nitrogens is 3. The Balaban J connectivity index is 2.18. The van der Waals surface area contributed by atoms with Gasteiger partial charge < -0.3 is 9.67 Å². The molecular weight excluding hydrogens is 250 g/mol. The third-order valence-electron chi connectivity index (χ3n) is 2.56. The van der Waals surface area contributed by atoms with Gasteiger partial charge in [0.2, 0.25) is 0 Å². The number of thioether (sulfide) groups is 1. The molecule has 0 saturated carbocycles. The summed E-state index contributed by atoms with van der Waals surface area (Å²) in [5, 5.41) is 17.7. The molecule has 1 N–H and O–H groups in total. The third-order valence-corrected chi connectivity index (χ3v) is 3.76.